The highest BCUT2D eigenvalue weighted by molar-refractivity contribution is 5.47. The van der Waals surface area contributed by atoms with Crippen molar-refractivity contribution in [2.24, 2.45) is 0 Å². The summed E-state index contributed by atoms with van der Waals surface area (Å²) < 4.78 is 28.5. The first-order chi connectivity index (χ1) is 9.60. The highest BCUT2D eigenvalue weighted by Gasteiger charge is 2.09. The first-order valence-electron chi connectivity index (χ1n) is 6.12. The van der Waals surface area contributed by atoms with Gasteiger partial charge in [-0.15, -0.1) is 0 Å². The smallest absolute Gasteiger partial charge is 0.387 e. The van der Waals surface area contributed by atoms with E-state index >= 15 is 0 Å². The molecule has 0 bridgehead atoms. The van der Waals surface area contributed by atoms with Gasteiger partial charge in [0.1, 0.15) is 5.75 Å². The lowest BCUT2D eigenvalue weighted by atomic mass is 9.93. The van der Waals surface area contributed by atoms with Crippen LogP contribution < -0.4 is 4.74 Å². The predicted molar refractivity (Wildman–Crippen MR) is 73.3 cm³/mol. The molecule has 0 heterocycles. The van der Waals surface area contributed by atoms with Crippen LogP contribution in [0.2, 0.25) is 0 Å². The molecule has 0 aromatic heterocycles. The van der Waals surface area contributed by atoms with Crippen LogP contribution in [-0.4, -0.2) is 6.61 Å². The second kappa shape index (κ2) is 6.16. The van der Waals surface area contributed by atoms with Gasteiger partial charge in [0.15, 0.2) is 5.69 Å². The Morgan fingerprint density at radius 2 is 1.45 bits per heavy atom. The summed E-state index contributed by atoms with van der Waals surface area (Å²) in [5.41, 5.74) is 2.67. The Morgan fingerprint density at radius 3 is 1.90 bits per heavy atom. The summed E-state index contributed by atoms with van der Waals surface area (Å²) in [6.45, 7) is 6.13. The maximum Gasteiger partial charge on any atom is 0.387 e. The third-order valence-electron chi connectivity index (χ3n) is 3.13. The molecule has 0 spiro atoms. The molecule has 1 atom stereocenters. The standard InChI is InChI=1S/C16H13F2NO/c1-11(12-3-7-14(19-2)8-4-12)13-5-9-15(10-6-13)20-16(17)18/h3-11,16H,1H3. The number of hydrogen-bond acceptors (Lipinski definition) is 1. The molecule has 2 rings (SSSR count). The zero-order chi connectivity index (χ0) is 14.5. The molecule has 0 aliphatic carbocycles. The highest BCUT2D eigenvalue weighted by Crippen LogP contribution is 2.27. The van der Waals surface area contributed by atoms with Crippen LogP contribution in [0.1, 0.15) is 24.0 Å². The fraction of sp³-hybridized carbons (Fsp3) is 0.188. The molecular weight excluding hydrogens is 260 g/mol. The lowest BCUT2D eigenvalue weighted by Crippen LogP contribution is -2.02. The third-order valence-corrected chi connectivity index (χ3v) is 3.13. The summed E-state index contributed by atoms with van der Waals surface area (Å²) in [6.07, 6.45) is 0. The second-order valence-corrected chi connectivity index (χ2v) is 4.37. The number of alkyl halides is 2. The molecule has 4 heteroatoms. The number of benzene rings is 2. The average Bonchev–Trinajstić information content (AvgIpc) is 2.47. The van der Waals surface area contributed by atoms with Crippen molar-refractivity contribution in [3.63, 3.8) is 0 Å². The van der Waals surface area contributed by atoms with Crippen LogP contribution in [0, 0.1) is 6.57 Å². The van der Waals surface area contributed by atoms with Crippen molar-refractivity contribution in [2.75, 3.05) is 0 Å². The molecule has 2 nitrogen and oxygen atoms in total. The molecular formula is C16H13F2NO. The van der Waals surface area contributed by atoms with Crippen molar-refractivity contribution < 1.29 is 13.5 Å². The van der Waals surface area contributed by atoms with Crippen molar-refractivity contribution >= 4 is 5.69 Å². The van der Waals surface area contributed by atoms with E-state index in [1.807, 2.05) is 19.1 Å². The molecule has 2 aromatic rings. The van der Waals surface area contributed by atoms with E-state index in [9.17, 15) is 8.78 Å². The molecule has 0 fully saturated rings. The summed E-state index contributed by atoms with van der Waals surface area (Å²) >= 11 is 0. The minimum Gasteiger partial charge on any atom is -0.435 e. The molecule has 0 aliphatic rings. The van der Waals surface area contributed by atoms with Gasteiger partial charge in [-0.3, -0.25) is 0 Å². The minimum absolute atomic E-state index is 0.121. The first kappa shape index (κ1) is 14.0. The van der Waals surface area contributed by atoms with E-state index in [4.69, 9.17) is 6.57 Å². The minimum atomic E-state index is -2.81. The quantitative estimate of drug-likeness (QED) is 0.715. The van der Waals surface area contributed by atoms with Gasteiger partial charge in [0.25, 0.3) is 0 Å². The SMILES string of the molecule is [C-]#[N+]c1ccc(C(C)c2ccc(OC(F)F)cc2)cc1. The second-order valence-electron chi connectivity index (χ2n) is 4.37. The molecule has 2 aromatic carbocycles. The summed E-state index contributed by atoms with van der Waals surface area (Å²) in [5, 5.41) is 0. The van der Waals surface area contributed by atoms with Crippen LogP contribution in [-0.2, 0) is 0 Å². The van der Waals surface area contributed by atoms with Crippen LogP contribution in [0.15, 0.2) is 48.5 Å². The molecule has 0 saturated heterocycles. The fourth-order valence-corrected chi connectivity index (χ4v) is 1.97. The zero-order valence-corrected chi connectivity index (χ0v) is 10.9. The van der Waals surface area contributed by atoms with Crippen molar-refractivity contribution in [3.8, 4) is 5.75 Å². The zero-order valence-electron chi connectivity index (χ0n) is 10.9. The van der Waals surface area contributed by atoms with Gasteiger partial charge in [-0.2, -0.15) is 8.78 Å². The molecule has 0 aliphatic heterocycles. The van der Waals surface area contributed by atoms with E-state index in [0.29, 0.717) is 5.69 Å². The summed E-state index contributed by atoms with van der Waals surface area (Å²) in [7, 11) is 0. The molecule has 0 amide bonds. The highest BCUT2D eigenvalue weighted by atomic mass is 19.3. The first-order valence-corrected chi connectivity index (χ1v) is 6.12. The van der Waals surface area contributed by atoms with Crippen LogP contribution in [0.25, 0.3) is 4.85 Å². The topological polar surface area (TPSA) is 13.6 Å². The van der Waals surface area contributed by atoms with Crippen molar-refractivity contribution in [2.45, 2.75) is 19.5 Å². The molecule has 0 saturated carbocycles. The lowest BCUT2D eigenvalue weighted by Gasteiger charge is -2.13. The van der Waals surface area contributed by atoms with E-state index in [1.54, 1.807) is 24.3 Å². The normalized spacial score (nSPS) is 11.9. The van der Waals surface area contributed by atoms with Crippen molar-refractivity contribution in [1.29, 1.82) is 0 Å². The maximum absolute atomic E-state index is 12.1. The van der Waals surface area contributed by atoms with Gasteiger partial charge in [-0.1, -0.05) is 43.3 Å². The largest absolute Gasteiger partial charge is 0.435 e. The Balaban J connectivity index is 2.15. The van der Waals surface area contributed by atoms with E-state index in [1.165, 1.54) is 12.1 Å². The summed E-state index contributed by atoms with van der Waals surface area (Å²) in [4.78, 5) is 3.35. The van der Waals surface area contributed by atoms with Crippen molar-refractivity contribution in [1.82, 2.24) is 0 Å². The van der Waals surface area contributed by atoms with Crippen molar-refractivity contribution in [3.05, 3.63) is 71.1 Å². The van der Waals surface area contributed by atoms with Gasteiger partial charge < -0.3 is 4.74 Å². The van der Waals surface area contributed by atoms with Crippen LogP contribution in [0.3, 0.4) is 0 Å². The predicted octanol–water partition coefficient (Wildman–Crippen LogP) is 4.99. The Kier molecular flexibility index (Phi) is 4.31. The van der Waals surface area contributed by atoms with Gasteiger partial charge in [-0.25, -0.2) is 4.85 Å². The Hall–Kier alpha value is -2.41. The molecule has 0 radical (unpaired) electrons. The maximum atomic E-state index is 12.1. The average molecular weight is 273 g/mol. The van der Waals surface area contributed by atoms with Crippen LogP contribution in [0.5, 0.6) is 5.75 Å². The van der Waals surface area contributed by atoms with Gasteiger partial charge >= 0.3 is 6.61 Å². The molecule has 0 N–H and O–H groups in total. The van der Waals surface area contributed by atoms with E-state index < -0.39 is 6.61 Å². The Bertz CT molecular complexity index is 600. The summed E-state index contributed by atoms with van der Waals surface area (Å²) in [5.74, 6) is 0.273. The molecule has 20 heavy (non-hydrogen) atoms. The lowest BCUT2D eigenvalue weighted by molar-refractivity contribution is -0.0498. The van der Waals surface area contributed by atoms with E-state index in [-0.39, 0.29) is 11.7 Å². The van der Waals surface area contributed by atoms with E-state index in [0.717, 1.165) is 11.1 Å². The third kappa shape index (κ3) is 3.33. The number of nitrogens with zero attached hydrogens (tertiary/aromatic N) is 1. The van der Waals surface area contributed by atoms with Gasteiger partial charge in [0, 0.05) is 5.92 Å². The number of rotatable bonds is 4. The molecule has 1 unspecified atom stereocenters. The molecule has 102 valence electrons. The number of halogens is 2. The van der Waals surface area contributed by atoms with Gasteiger partial charge in [0.05, 0.1) is 6.57 Å². The van der Waals surface area contributed by atoms with Crippen LogP contribution >= 0.6 is 0 Å². The number of ether oxygens (including phenoxy) is 1. The van der Waals surface area contributed by atoms with Crippen LogP contribution in [0.4, 0.5) is 14.5 Å². The van der Waals surface area contributed by atoms with E-state index in [2.05, 4.69) is 9.58 Å². The monoisotopic (exact) mass is 273 g/mol. The Labute approximate surface area is 116 Å². The summed E-state index contributed by atoms with van der Waals surface area (Å²) in [6, 6.07) is 14.0. The Morgan fingerprint density at radius 1 is 0.950 bits per heavy atom. The number of hydrogen-bond donors (Lipinski definition) is 0. The van der Waals surface area contributed by atoms with Gasteiger partial charge in [0.2, 0.25) is 0 Å². The fourth-order valence-electron chi connectivity index (χ4n) is 1.97. The van der Waals surface area contributed by atoms with Gasteiger partial charge in [-0.05, 0) is 23.3 Å².